The Balaban J connectivity index is 3.97. The summed E-state index contributed by atoms with van der Waals surface area (Å²) in [5.41, 5.74) is 0. The molecule has 20 nitrogen and oxygen atoms in total. The summed E-state index contributed by atoms with van der Waals surface area (Å²) < 4.78 is 74.6. The number of ether oxygens (including phenoxy) is 2. The molecular weight excluding hydrogens is 612 g/mol. The Bertz CT molecular complexity index is 927. The van der Waals surface area contributed by atoms with E-state index in [4.69, 9.17) is 9.47 Å². The Morgan fingerprint density at radius 1 is 0.500 bits per heavy atom. The zero-order valence-corrected chi connectivity index (χ0v) is 23.1. The number of hydrogen-bond acceptors (Lipinski definition) is 12. The van der Waals surface area contributed by atoms with Crippen molar-refractivity contribution in [3.63, 3.8) is 0 Å². The van der Waals surface area contributed by atoms with Crippen LogP contribution in [0.4, 0.5) is 0 Å². The SMILES string of the molecule is CCCC(=O)O[C@@H]1[C@H](OC(=O)CCC)[C@H](OP(=O)(O)O)[C@@H](OP(=O)(O)O)[C@H](OP(=O)(O)O)[C@H]1OP(=O)(O)O. The number of rotatable bonds is 14. The number of phosphoric acid groups is 4. The molecule has 224 valence electrons. The van der Waals surface area contributed by atoms with Crippen LogP contribution in [0.2, 0.25) is 0 Å². The molecule has 1 fully saturated rings. The van der Waals surface area contributed by atoms with E-state index in [-0.39, 0.29) is 12.8 Å². The molecule has 0 aromatic heterocycles. The zero-order valence-electron chi connectivity index (χ0n) is 19.6. The summed E-state index contributed by atoms with van der Waals surface area (Å²) in [7, 11) is -23.1. The molecule has 24 heteroatoms. The van der Waals surface area contributed by atoms with Gasteiger partial charge in [0.15, 0.2) is 12.2 Å². The van der Waals surface area contributed by atoms with E-state index in [2.05, 4.69) is 18.1 Å². The number of hydrogen-bond donors (Lipinski definition) is 8. The minimum absolute atomic E-state index is 0.116. The molecule has 1 rings (SSSR count). The van der Waals surface area contributed by atoms with Crippen molar-refractivity contribution in [1.29, 1.82) is 0 Å². The molecule has 38 heavy (non-hydrogen) atoms. The molecular formula is C14H28O20P4. The van der Waals surface area contributed by atoms with Gasteiger partial charge in [0.2, 0.25) is 0 Å². The van der Waals surface area contributed by atoms with Gasteiger partial charge in [-0.15, -0.1) is 0 Å². The summed E-state index contributed by atoms with van der Waals surface area (Å²) in [6.45, 7) is 2.99. The number of carbonyl (C=O) groups excluding carboxylic acids is 2. The first-order chi connectivity index (χ1) is 17.1. The maximum atomic E-state index is 12.3. The summed E-state index contributed by atoms with van der Waals surface area (Å²) in [6, 6.07) is 0. The lowest BCUT2D eigenvalue weighted by atomic mass is 9.84. The van der Waals surface area contributed by atoms with Gasteiger partial charge < -0.3 is 48.6 Å². The molecule has 0 aromatic carbocycles. The maximum Gasteiger partial charge on any atom is 0.470 e. The standard InChI is InChI=1S/C14H28O20P4/c1-3-5-7(15)29-9-10(30-8(16)6-4-2)12(32-36(20,21)22)14(34-38(26,27)28)13(33-37(23,24)25)11(9)31-35(17,18)19/h9-14H,3-6H2,1-2H3,(H2,17,18,19)(H2,20,21,22)(H2,23,24,25)(H2,26,27,28)/t9-,10+,11-,12-,13+,14+/m0/s1. The molecule has 0 saturated heterocycles. The fourth-order valence-electron chi connectivity index (χ4n) is 3.33. The Kier molecular flexibility index (Phi) is 12.9. The van der Waals surface area contributed by atoms with Gasteiger partial charge in [-0.05, 0) is 12.8 Å². The topological polar surface area (TPSA) is 320 Å². The van der Waals surface area contributed by atoms with Crippen LogP contribution in [0, 0.1) is 0 Å². The summed E-state index contributed by atoms with van der Waals surface area (Å²) >= 11 is 0. The summed E-state index contributed by atoms with van der Waals surface area (Å²) in [5, 5.41) is 0. The van der Waals surface area contributed by atoms with Crippen molar-refractivity contribution in [2.45, 2.75) is 76.2 Å². The third kappa shape index (κ3) is 12.7. The lowest BCUT2D eigenvalue weighted by molar-refractivity contribution is -0.231. The van der Waals surface area contributed by atoms with E-state index < -0.39 is 92.7 Å². The third-order valence-electron chi connectivity index (χ3n) is 4.42. The Morgan fingerprint density at radius 2 is 0.711 bits per heavy atom. The molecule has 0 spiro atoms. The van der Waals surface area contributed by atoms with Gasteiger partial charge in [0.05, 0.1) is 0 Å². The molecule has 0 aromatic rings. The van der Waals surface area contributed by atoms with Crippen LogP contribution in [0.3, 0.4) is 0 Å². The highest BCUT2D eigenvalue weighted by Crippen LogP contribution is 2.53. The minimum Gasteiger partial charge on any atom is -0.455 e. The molecule has 0 heterocycles. The number of phosphoric ester groups is 4. The normalized spacial score (nSPS) is 27.1. The molecule has 1 aliphatic rings. The lowest BCUT2D eigenvalue weighted by Gasteiger charge is -2.47. The minimum atomic E-state index is -5.81. The van der Waals surface area contributed by atoms with Gasteiger partial charge >= 0.3 is 43.2 Å². The first kappa shape index (κ1) is 35.4. The van der Waals surface area contributed by atoms with Gasteiger partial charge in [-0.1, -0.05) is 13.8 Å². The quantitative estimate of drug-likeness (QED) is 0.0862. The van der Waals surface area contributed by atoms with Gasteiger partial charge in [0.1, 0.15) is 24.4 Å². The second kappa shape index (κ2) is 13.8. The highest BCUT2D eigenvalue weighted by atomic mass is 31.2. The predicted octanol–water partition coefficient (Wildman–Crippen LogP) is -0.665. The van der Waals surface area contributed by atoms with E-state index >= 15 is 0 Å². The van der Waals surface area contributed by atoms with Crippen LogP contribution < -0.4 is 0 Å². The summed E-state index contributed by atoms with van der Waals surface area (Å²) in [5.74, 6) is -2.37. The van der Waals surface area contributed by atoms with Crippen molar-refractivity contribution in [2.75, 3.05) is 0 Å². The van der Waals surface area contributed by atoms with E-state index in [0.29, 0.717) is 0 Å². The van der Waals surface area contributed by atoms with Crippen molar-refractivity contribution in [3.05, 3.63) is 0 Å². The van der Waals surface area contributed by atoms with Crippen LogP contribution in [-0.4, -0.2) is 87.7 Å². The molecule has 8 N–H and O–H groups in total. The van der Waals surface area contributed by atoms with Crippen LogP contribution in [0.5, 0.6) is 0 Å². The van der Waals surface area contributed by atoms with Crippen LogP contribution >= 0.6 is 31.3 Å². The van der Waals surface area contributed by atoms with Crippen LogP contribution in [0.25, 0.3) is 0 Å². The summed E-state index contributed by atoms with van der Waals surface area (Å²) in [4.78, 5) is 99.7. The average Bonchev–Trinajstić information content (AvgIpc) is 2.66. The monoisotopic (exact) mass is 640 g/mol. The molecule has 1 aliphatic carbocycles. The highest BCUT2D eigenvalue weighted by molar-refractivity contribution is 7.47. The van der Waals surface area contributed by atoms with Gasteiger partial charge in [0, 0.05) is 12.8 Å². The molecule has 6 atom stereocenters. The zero-order chi connectivity index (χ0) is 29.7. The average molecular weight is 640 g/mol. The Morgan fingerprint density at radius 3 is 0.895 bits per heavy atom. The molecule has 0 aliphatic heterocycles. The van der Waals surface area contributed by atoms with Crippen LogP contribution in [-0.2, 0) is 55.4 Å². The second-order valence-corrected chi connectivity index (χ2v) is 12.4. The smallest absolute Gasteiger partial charge is 0.455 e. The highest BCUT2D eigenvalue weighted by Gasteiger charge is 2.62. The van der Waals surface area contributed by atoms with Crippen LogP contribution in [0.1, 0.15) is 39.5 Å². The van der Waals surface area contributed by atoms with E-state index in [0.717, 1.165) is 0 Å². The van der Waals surface area contributed by atoms with Gasteiger partial charge in [-0.3, -0.25) is 27.7 Å². The predicted molar refractivity (Wildman–Crippen MR) is 117 cm³/mol. The van der Waals surface area contributed by atoms with Gasteiger partial charge in [-0.2, -0.15) is 0 Å². The molecule has 0 unspecified atom stereocenters. The van der Waals surface area contributed by atoms with Gasteiger partial charge in [-0.25, -0.2) is 18.3 Å². The fourth-order valence-corrected chi connectivity index (χ4v) is 5.56. The summed E-state index contributed by atoms with van der Waals surface area (Å²) in [6.07, 6.45) is -16.2. The molecule has 0 radical (unpaired) electrons. The second-order valence-electron chi connectivity index (χ2n) is 7.65. The Hall–Kier alpha value is -0.620. The molecule has 0 amide bonds. The Labute approximate surface area is 214 Å². The number of carbonyl (C=O) groups is 2. The third-order valence-corrected chi connectivity index (χ3v) is 6.49. The lowest BCUT2D eigenvalue weighted by Crippen LogP contribution is -2.67. The molecule has 0 bridgehead atoms. The van der Waals surface area contributed by atoms with E-state index in [1.54, 1.807) is 0 Å². The van der Waals surface area contributed by atoms with Crippen LogP contribution in [0.15, 0.2) is 0 Å². The fraction of sp³-hybridized carbons (Fsp3) is 0.857. The first-order valence-electron chi connectivity index (χ1n) is 10.4. The van der Waals surface area contributed by atoms with Gasteiger partial charge in [0.25, 0.3) is 0 Å². The van der Waals surface area contributed by atoms with Crippen molar-refractivity contribution < 1.29 is 94.6 Å². The van der Waals surface area contributed by atoms with Crippen molar-refractivity contribution in [3.8, 4) is 0 Å². The van der Waals surface area contributed by atoms with Crippen molar-refractivity contribution >= 4 is 43.2 Å². The van der Waals surface area contributed by atoms with E-state index in [1.807, 2.05) is 0 Å². The largest absolute Gasteiger partial charge is 0.470 e. The number of esters is 2. The molecule has 1 saturated carbocycles. The van der Waals surface area contributed by atoms with E-state index in [9.17, 15) is 67.0 Å². The van der Waals surface area contributed by atoms with Crippen molar-refractivity contribution in [1.82, 2.24) is 0 Å². The maximum absolute atomic E-state index is 12.3. The first-order valence-corrected chi connectivity index (χ1v) is 16.5. The van der Waals surface area contributed by atoms with E-state index in [1.165, 1.54) is 13.8 Å². The van der Waals surface area contributed by atoms with Crippen molar-refractivity contribution in [2.24, 2.45) is 0 Å².